The average Bonchev–Trinajstić information content (AvgIpc) is 2.56. The van der Waals surface area contributed by atoms with Gasteiger partial charge in [0.1, 0.15) is 0 Å². The predicted octanol–water partition coefficient (Wildman–Crippen LogP) is 1.57. The highest BCUT2D eigenvalue weighted by Crippen LogP contribution is 2.18. The van der Waals surface area contributed by atoms with E-state index in [4.69, 9.17) is 10.5 Å². The SMILES string of the molecule is COCCCC(N)c1cncs1. The molecule has 0 radical (unpaired) electrons. The molecule has 0 spiro atoms. The summed E-state index contributed by atoms with van der Waals surface area (Å²) in [5.41, 5.74) is 7.71. The monoisotopic (exact) mass is 186 g/mol. The Morgan fingerprint density at radius 1 is 1.75 bits per heavy atom. The number of ether oxygens (including phenoxy) is 1. The average molecular weight is 186 g/mol. The van der Waals surface area contributed by atoms with Gasteiger partial charge in [0.15, 0.2) is 0 Å². The first-order valence-electron chi connectivity index (χ1n) is 3.97. The molecule has 0 saturated heterocycles. The van der Waals surface area contributed by atoms with Gasteiger partial charge in [-0.25, -0.2) is 0 Å². The van der Waals surface area contributed by atoms with E-state index < -0.39 is 0 Å². The van der Waals surface area contributed by atoms with E-state index in [1.807, 2.05) is 11.7 Å². The molecule has 1 aromatic rings. The van der Waals surface area contributed by atoms with Crippen molar-refractivity contribution in [2.24, 2.45) is 5.73 Å². The molecule has 0 saturated carbocycles. The van der Waals surface area contributed by atoms with E-state index in [0.717, 1.165) is 24.3 Å². The Morgan fingerprint density at radius 2 is 2.58 bits per heavy atom. The molecule has 12 heavy (non-hydrogen) atoms. The molecule has 0 fully saturated rings. The highest BCUT2D eigenvalue weighted by Gasteiger charge is 2.06. The van der Waals surface area contributed by atoms with Gasteiger partial charge in [-0.15, -0.1) is 11.3 Å². The van der Waals surface area contributed by atoms with Gasteiger partial charge in [-0.05, 0) is 12.8 Å². The highest BCUT2D eigenvalue weighted by atomic mass is 32.1. The molecule has 4 heteroatoms. The number of methoxy groups -OCH3 is 1. The minimum atomic E-state index is 0.132. The zero-order valence-corrected chi connectivity index (χ0v) is 8.01. The third-order valence-electron chi connectivity index (χ3n) is 1.68. The van der Waals surface area contributed by atoms with Crippen molar-refractivity contribution in [2.75, 3.05) is 13.7 Å². The van der Waals surface area contributed by atoms with Gasteiger partial charge < -0.3 is 10.5 Å². The maximum Gasteiger partial charge on any atom is 0.0794 e. The molecule has 0 bridgehead atoms. The molecule has 2 N–H and O–H groups in total. The lowest BCUT2D eigenvalue weighted by molar-refractivity contribution is 0.190. The Balaban J connectivity index is 2.25. The predicted molar refractivity (Wildman–Crippen MR) is 50.2 cm³/mol. The second-order valence-corrected chi connectivity index (χ2v) is 3.56. The Hall–Kier alpha value is -0.450. The molecular formula is C8H14N2OS. The zero-order valence-electron chi connectivity index (χ0n) is 7.19. The summed E-state index contributed by atoms with van der Waals surface area (Å²) in [6.07, 6.45) is 3.81. The lowest BCUT2D eigenvalue weighted by Gasteiger charge is -2.07. The third kappa shape index (κ3) is 2.89. The first-order valence-corrected chi connectivity index (χ1v) is 4.85. The summed E-state index contributed by atoms with van der Waals surface area (Å²) in [7, 11) is 1.71. The minimum Gasteiger partial charge on any atom is -0.385 e. The quantitative estimate of drug-likeness (QED) is 0.710. The van der Waals surface area contributed by atoms with Crippen LogP contribution in [-0.2, 0) is 4.74 Å². The number of hydrogen-bond acceptors (Lipinski definition) is 4. The van der Waals surface area contributed by atoms with Crippen LogP contribution in [0, 0.1) is 0 Å². The second kappa shape index (κ2) is 5.24. The van der Waals surface area contributed by atoms with Gasteiger partial charge in [0.05, 0.1) is 5.51 Å². The molecule has 1 atom stereocenters. The van der Waals surface area contributed by atoms with Crippen molar-refractivity contribution in [1.29, 1.82) is 0 Å². The van der Waals surface area contributed by atoms with E-state index in [1.54, 1.807) is 18.4 Å². The van der Waals surface area contributed by atoms with Crippen LogP contribution in [0.25, 0.3) is 0 Å². The summed E-state index contributed by atoms with van der Waals surface area (Å²) in [6.45, 7) is 0.784. The summed E-state index contributed by atoms with van der Waals surface area (Å²) in [5.74, 6) is 0. The lowest BCUT2D eigenvalue weighted by atomic mass is 10.1. The minimum absolute atomic E-state index is 0.132. The summed E-state index contributed by atoms with van der Waals surface area (Å²) < 4.78 is 4.94. The summed E-state index contributed by atoms with van der Waals surface area (Å²) in [5, 5.41) is 0. The van der Waals surface area contributed by atoms with Crippen molar-refractivity contribution in [3.63, 3.8) is 0 Å². The summed E-state index contributed by atoms with van der Waals surface area (Å²) in [6, 6.07) is 0.132. The molecular weight excluding hydrogens is 172 g/mol. The molecule has 0 aliphatic rings. The largest absolute Gasteiger partial charge is 0.385 e. The van der Waals surface area contributed by atoms with Gasteiger partial charge in [0.2, 0.25) is 0 Å². The molecule has 0 aromatic carbocycles. The van der Waals surface area contributed by atoms with E-state index in [1.165, 1.54) is 0 Å². The molecule has 1 unspecified atom stereocenters. The fourth-order valence-corrected chi connectivity index (χ4v) is 1.66. The van der Waals surface area contributed by atoms with Crippen LogP contribution in [0.1, 0.15) is 23.8 Å². The maximum absolute atomic E-state index is 5.90. The first-order chi connectivity index (χ1) is 5.84. The normalized spacial score (nSPS) is 13.2. The smallest absolute Gasteiger partial charge is 0.0794 e. The van der Waals surface area contributed by atoms with E-state index in [2.05, 4.69) is 4.98 Å². The molecule has 1 rings (SSSR count). The van der Waals surface area contributed by atoms with Crippen LogP contribution in [0.15, 0.2) is 11.7 Å². The Morgan fingerprint density at radius 3 is 3.17 bits per heavy atom. The number of nitrogens with zero attached hydrogens (tertiary/aromatic N) is 1. The van der Waals surface area contributed by atoms with Crippen LogP contribution in [0.3, 0.4) is 0 Å². The van der Waals surface area contributed by atoms with E-state index in [-0.39, 0.29) is 6.04 Å². The number of thiazole rings is 1. The van der Waals surface area contributed by atoms with Crippen LogP contribution in [0.2, 0.25) is 0 Å². The van der Waals surface area contributed by atoms with Crippen LogP contribution in [-0.4, -0.2) is 18.7 Å². The van der Waals surface area contributed by atoms with Gasteiger partial charge in [-0.2, -0.15) is 0 Å². The first kappa shape index (κ1) is 9.64. The van der Waals surface area contributed by atoms with Gasteiger partial charge in [0, 0.05) is 30.8 Å². The van der Waals surface area contributed by atoms with Crippen molar-refractivity contribution >= 4 is 11.3 Å². The van der Waals surface area contributed by atoms with Crippen molar-refractivity contribution < 1.29 is 4.74 Å². The van der Waals surface area contributed by atoms with Gasteiger partial charge in [-0.3, -0.25) is 4.98 Å². The molecule has 68 valence electrons. The number of nitrogens with two attached hydrogens (primary N) is 1. The summed E-state index contributed by atoms with van der Waals surface area (Å²) in [4.78, 5) is 5.14. The van der Waals surface area contributed by atoms with Gasteiger partial charge in [0.25, 0.3) is 0 Å². The molecule has 0 aliphatic heterocycles. The Bertz CT molecular complexity index is 201. The fraction of sp³-hybridized carbons (Fsp3) is 0.625. The Kier molecular flexibility index (Phi) is 4.21. The maximum atomic E-state index is 5.90. The molecule has 1 aromatic heterocycles. The molecule has 1 heterocycles. The van der Waals surface area contributed by atoms with Gasteiger partial charge >= 0.3 is 0 Å². The third-order valence-corrected chi connectivity index (χ3v) is 2.59. The van der Waals surface area contributed by atoms with Crippen LogP contribution >= 0.6 is 11.3 Å². The number of hydrogen-bond donors (Lipinski definition) is 1. The fourth-order valence-electron chi connectivity index (χ4n) is 0.999. The topological polar surface area (TPSA) is 48.1 Å². The number of rotatable bonds is 5. The highest BCUT2D eigenvalue weighted by molar-refractivity contribution is 7.09. The zero-order chi connectivity index (χ0) is 8.81. The van der Waals surface area contributed by atoms with Gasteiger partial charge in [-0.1, -0.05) is 0 Å². The van der Waals surface area contributed by atoms with Crippen LogP contribution in [0.4, 0.5) is 0 Å². The van der Waals surface area contributed by atoms with Crippen molar-refractivity contribution in [1.82, 2.24) is 4.98 Å². The summed E-state index contributed by atoms with van der Waals surface area (Å²) >= 11 is 1.61. The van der Waals surface area contributed by atoms with E-state index >= 15 is 0 Å². The molecule has 0 amide bonds. The molecule has 0 aliphatic carbocycles. The number of aromatic nitrogens is 1. The van der Waals surface area contributed by atoms with Crippen LogP contribution in [0.5, 0.6) is 0 Å². The van der Waals surface area contributed by atoms with Crippen LogP contribution < -0.4 is 5.73 Å². The van der Waals surface area contributed by atoms with Crippen molar-refractivity contribution in [3.8, 4) is 0 Å². The standard InChI is InChI=1S/C8H14N2OS/c1-11-4-2-3-7(9)8-5-10-6-12-8/h5-7H,2-4,9H2,1H3. The van der Waals surface area contributed by atoms with Crippen molar-refractivity contribution in [3.05, 3.63) is 16.6 Å². The molecule has 3 nitrogen and oxygen atoms in total. The van der Waals surface area contributed by atoms with E-state index in [0.29, 0.717) is 0 Å². The Labute approximate surface area is 76.6 Å². The lowest BCUT2D eigenvalue weighted by Crippen LogP contribution is -2.09. The van der Waals surface area contributed by atoms with Crippen molar-refractivity contribution in [2.45, 2.75) is 18.9 Å². The second-order valence-electron chi connectivity index (χ2n) is 2.65. The van der Waals surface area contributed by atoms with E-state index in [9.17, 15) is 0 Å².